The van der Waals surface area contributed by atoms with Gasteiger partial charge in [0.05, 0.1) is 0 Å². The summed E-state index contributed by atoms with van der Waals surface area (Å²) < 4.78 is 0. The summed E-state index contributed by atoms with van der Waals surface area (Å²) in [6.45, 7) is 4.83. The van der Waals surface area contributed by atoms with E-state index >= 15 is 0 Å². The Hall–Kier alpha value is -1.59. The Balaban J connectivity index is 1.98. The fourth-order valence-electron chi connectivity index (χ4n) is 2.42. The molecule has 2 aliphatic heterocycles. The average Bonchev–Trinajstić information content (AvgIpc) is 2.81. The number of nitrogens with zero attached hydrogens (tertiary/aromatic N) is 2. The van der Waals surface area contributed by atoms with E-state index in [0.29, 0.717) is 12.5 Å². The molecule has 2 aliphatic rings. The molecule has 0 spiro atoms. The van der Waals surface area contributed by atoms with E-state index in [4.69, 9.17) is 9.94 Å². The van der Waals surface area contributed by atoms with Crippen LogP contribution in [0.3, 0.4) is 0 Å². The molecule has 100 valence electrons. The van der Waals surface area contributed by atoms with Crippen molar-refractivity contribution in [2.75, 3.05) is 6.54 Å². The van der Waals surface area contributed by atoms with Gasteiger partial charge in [0.25, 0.3) is 5.91 Å². The molecule has 0 aliphatic carbocycles. The summed E-state index contributed by atoms with van der Waals surface area (Å²) >= 11 is 0. The monoisotopic (exact) mass is 254 g/mol. The van der Waals surface area contributed by atoms with E-state index < -0.39 is 12.1 Å². The Morgan fingerprint density at radius 3 is 2.72 bits per heavy atom. The number of hydrogen-bond donors (Lipinski definition) is 1. The van der Waals surface area contributed by atoms with Crippen LogP contribution in [0.4, 0.5) is 0 Å². The number of oxime groups is 1. The highest BCUT2D eigenvalue weighted by Crippen LogP contribution is 2.24. The molecule has 3 atom stereocenters. The quantitative estimate of drug-likeness (QED) is 0.792. The Kier molecular flexibility index (Phi) is 3.54. The Morgan fingerprint density at radius 1 is 1.39 bits per heavy atom. The van der Waals surface area contributed by atoms with Crippen molar-refractivity contribution in [1.82, 2.24) is 4.90 Å². The molecule has 1 saturated heterocycles. The third-order valence-electron chi connectivity index (χ3n) is 3.59. The predicted octanol–water partition coefficient (Wildman–Crippen LogP) is 0.863. The second kappa shape index (κ2) is 4.96. The van der Waals surface area contributed by atoms with E-state index in [-0.39, 0.29) is 24.1 Å². The zero-order chi connectivity index (χ0) is 13.3. The molecule has 2 rings (SSSR count). The van der Waals surface area contributed by atoms with Crippen molar-refractivity contribution < 1.29 is 19.5 Å². The second-order valence-corrected chi connectivity index (χ2v) is 5.16. The number of likely N-dealkylation sites (tertiary alicyclic amines) is 1. The van der Waals surface area contributed by atoms with Gasteiger partial charge < -0.3 is 14.8 Å². The van der Waals surface area contributed by atoms with Gasteiger partial charge in [0.2, 0.25) is 6.10 Å². The van der Waals surface area contributed by atoms with Crippen molar-refractivity contribution in [2.45, 2.75) is 45.3 Å². The van der Waals surface area contributed by atoms with Crippen molar-refractivity contribution in [2.24, 2.45) is 11.1 Å². The summed E-state index contributed by atoms with van der Waals surface area (Å²) in [5, 5.41) is 12.2. The summed E-state index contributed by atoms with van der Waals surface area (Å²) in [5.74, 6) is -0.786. The van der Waals surface area contributed by atoms with Gasteiger partial charge in [-0.2, -0.15) is 0 Å². The van der Waals surface area contributed by atoms with E-state index in [1.165, 1.54) is 0 Å². The van der Waals surface area contributed by atoms with Crippen molar-refractivity contribution in [3.05, 3.63) is 0 Å². The largest absolute Gasteiger partial charge is 0.477 e. The number of piperidine rings is 1. The third kappa shape index (κ3) is 2.47. The lowest BCUT2D eigenvalue weighted by atomic mass is 9.94. The SMILES string of the molecule is CC1CCC(C)N(C(=O)C2CC(C(=O)O)=NO2)C1. The number of rotatable bonds is 2. The highest BCUT2D eigenvalue weighted by atomic mass is 16.6. The summed E-state index contributed by atoms with van der Waals surface area (Å²) in [5.41, 5.74) is -0.0777. The van der Waals surface area contributed by atoms with Crippen molar-refractivity contribution >= 4 is 17.6 Å². The van der Waals surface area contributed by atoms with Crippen LogP contribution >= 0.6 is 0 Å². The lowest BCUT2D eigenvalue weighted by Gasteiger charge is -2.37. The third-order valence-corrected chi connectivity index (χ3v) is 3.59. The topological polar surface area (TPSA) is 79.2 Å². The molecule has 0 aromatic carbocycles. The molecular weight excluding hydrogens is 236 g/mol. The van der Waals surface area contributed by atoms with Gasteiger partial charge in [-0.05, 0) is 25.7 Å². The Morgan fingerprint density at radius 2 is 2.11 bits per heavy atom. The lowest BCUT2D eigenvalue weighted by Crippen LogP contribution is -2.49. The fourth-order valence-corrected chi connectivity index (χ4v) is 2.42. The maximum absolute atomic E-state index is 12.3. The first-order valence-corrected chi connectivity index (χ1v) is 6.25. The number of carboxylic acid groups (broad SMARTS) is 1. The van der Waals surface area contributed by atoms with E-state index in [9.17, 15) is 9.59 Å². The molecule has 0 saturated carbocycles. The van der Waals surface area contributed by atoms with E-state index in [1.54, 1.807) is 4.90 Å². The maximum atomic E-state index is 12.3. The van der Waals surface area contributed by atoms with Gasteiger partial charge >= 0.3 is 5.97 Å². The first-order chi connectivity index (χ1) is 8.49. The number of carboxylic acids is 1. The molecule has 0 aromatic rings. The number of aliphatic carboxylic acids is 1. The van der Waals surface area contributed by atoms with E-state index in [2.05, 4.69) is 12.1 Å². The van der Waals surface area contributed by atoms with Gasteiger partial charge in [-0.1, -0.05) is 12.1 Å². The summed E-state index contributed by atoms with van der Waals surface area (Å²) in [7, 11) is 0. The number of amides is 1. The minimum atomic E-state index is -1.12. The van der Waals surface area contributed by atoms with Crippen LogP contribution in [0.2, 0.25) is 0 Å². The molecule has 18 heavy (non-hydrogen) atoms. The Bertz CT molecular complexity index is 394. The predicted molar refractivity (Wildman–Crippen MR) is 64.1 cm³/mol. The smallest absolute Gasteiger partial charge is 0.353 e. The van der Waals surface area contributed by atoms with E-state index in [0.717, 1.165) is 12.8 Å². The molecule has 6 heteroatoms. The molecular formula is C12H18N2O4. The van der Waals surface area contributed by atoms with E-state index in [1.807, 2.05) is 6.92 Å². The zero-order valence-electron chi connectivity index (χ0n) is 10.6. The highest BCUT2D eigenvalue weighted by molar-refractivity contribution is 6.36. The van der Waals surface area contributed by atoms with Crippen LogP contribution in [0.1, 0.15) is 33.1 Å². The number of carbonyl (C=O) groups excluding carboxylic acids is 1. The average molecular weight is 254 g/mol. The standard InChI is InChI=1S/C12H18N2O4/c1-7-3-4-8(2)14(6-7)11(15)10-5-9(12(16)17)13-18-10/h7-8,10H,3-6H2,1-2H3,(H,16,17). The molecule has 1 fully saturated rings. The van der Waals surface area contributed by atoms with Gasteiger partial charge in [0, 0.05) is 19.0 Å². The van der Waals surface area contributed by atoms with Gasteiger partial charge in [0.1, 0.15) is 0 Å². The van der Waals surface area contributed by atoms with Crippen LogP contribution < -0.4 is 0 Å². The first-order valence-electron chi connectivity index (χ1n) is 6.25. The molecule has 3 unspecified atom stereocenters. The zero-order valence-corrected chi connectivity index (χ0v) is 10.6. The van der Waals surface area contributed by atoms with Gasteiger partial charge in [-0.15, -0.1) is 0 Å². The van der Waals surface area contributed by atoms with Crippen molar-refractivity contribution in [3.8, 4) is 0 Å². The molecule has 0 aromatic heterocycles. The molecule has 2 heterocycles. The summed E-state index contributed by atoms with van der Waals surface area (Å²) in [6.07, 6.45) is 1.40. The van der Waals surface area contributed by atoms with Crippen LogP contribution in [-0.4, -0.2) is 46.3 Å². The normalized spacial score (nSPS) is 31.8. The van der Waals surface area contributed by atoms with Crippen LogP contribution in [0.25, 0.3) is 0 Å². The van der Waals surface area contributed by atoms with Gasteiger partial charge in [-0.25, -0.2) is 4.79 Å². The van der Waals surface area contributed by atoms with Crippen LogP contribution in [0.15, 0.2) is 5.16 Å². The molecule has 1 amide bonds. The van der Waals surface area contributed by atoms with Crippen molar-refractivity contribution in [1.29, 1.82) is 0 Å². The van der Waals surface area contributed by atoms with Crippen LogP contribution in [0.5, 0.6) is 0 Å². The number of hydrogen-bond acceptors (Lipinski definition) is 4. The first kappa shape index (κ1) is 12.9. The summed E-state index contributed by atoms with van der Waals surface area (Å²) in [4.78, 5) is 29.7. The summed E-state index contributed by atoms with van der Waals surface area (Å²) in [6, 6.07) is 0.186. The Labute approximate surface area is 106 Å². The minimum absolute atomic E-state index is 0.0613. The second-order valence-electron chi connectivity index (χ2n) is 5.16. The highest BCUT2D eigenvalue weighted by Gasteiger charge is 2.37. The molecule has 0 bridgehead atoms. The van der Waals surface area contributed by atoms with Crippen molar-refractivity contribution in [3.63, 3.8) is 0 Å². The lowest BCUT2D eigenvalue weighted by molar-refractivity contribution is -0.146. The van der Waals surface area contributed by atoms with Crippen LogP contribution in [-0.2, 0) is 14.4 Å². The minimum Gasteiger partial charge on any atom is -0.477 e. The van der Waals surface area contributed by atoms with Crippen LogP contribution in [0, 0.1) is 5.92 Å². The maximum Gasteiger partial charge on any atom is 0.353 e. The number of carbonyl (C=O) groups is 2. The van der Waals surface area contributed by atoms with Gasteiger partial charge in [-0.3, -0.25) is 4.79 Å². The molecule has 0 radical (unpaired) electrons. The van der Waals surface area contributed by atoms with Gasteiger partial charge in [0.15, 0.2) is 5.71 Å². The fraction of sp³-hybridized carbons (Fsp3) is 0.750. The molecule has 6 nitrogen and oxygen atoms in total. The molecule has 1 N–H and O–H groups in total.